The van der Waals surface area contributed by atoms with Crippen molar-refractivity contribution >= 4 is 39.2 Å². The van der Waals surface area contributed by atoms with Crippen molar-refractivity contribution in [1.29, 1.82) is 0 Å². The highest BCUT2D eigenvalue weighted by molar-refractivity contribution is 14.1. The molecule has 2 nitrogen and oxygen atoms in total. The molecule has 0 aliphatic carbocycles. The minimum atomic E-state index is -1.63. The van der Waals surface area contributed by atoms with Crippen molar-refractivity contribution in [2.45, 2.75) is 83.7 Å². The Labute approximate surface area is 149 Å². The molecule has 0 aromatic carbocycles. The first kappa shape index (κ1) is 22.1. The van der Waals surface area contributed by atoms with Crippen LogP contribution in [-0.2, 0) is 8.85 Å². The lowest BCUT2D eigenvalue weighted by Crippen LogP contribution is -2.43. The standard InChI is InChI=1S/C16H37IO2Si2/c1-15(2,3)20(6,7)18-13-10-14-19-21(8,9)16(4,5)11-12-17/h10-14H2,1-9H3. The van der Waals surface area contributed by atoms with Crippen LogP contribution in [-0.4, -0.2) is 34.3 Å². The number of hydrogen-bond acceptors (Lipinski definition) is 2. The summed E-state index contributed by atoms with van der Waals surface area (Å²) in [6.07, 6.45) is 2.26. The predicted octanol–water partition coefficient (Wildman–Crippen LogP) is 6.23. The van der Waals surface area contributed by atoms with E-state index in [4.69, 9.17) is 8.85 Å². The van der Waals surface area contributed by atoms with Gasteiger partial charge in [-0.1, -0.05) is 57.2 Å². The van der Waals surface area contributed by atoms with Crippen LogP contribution in [0, 0.1) is 0 Å². The van der Waals surface area contributed by atoms with Crippen LogP contribution in [0.3, 0.4) is 0 Å². The van der Waals surface area contributed by atoms with Gasteiger partial charge in [0.05, 0.1) is 0 Å². The Kier molecular flexibility index (Phi) is 8.69. The van der Waals surface area contributed by atoms with E-state index in [1.54, 1.807) is 0 Å². The Balaban J connectivity index is 4.17. The van der Waals surface area contributed by atoms with Gasteiger partial charge >= 0.3 is 0 Å². The van der Waals surface area contributed by atoms with Crippen LogP contribution in [0.15, 0.2) is 0 Å². The predicted molar refractivity (Wildman–Crippen MR) is 109 cm³/mol. The molecule has 128 valence electrons. The smallest absolute Gasteiger partial charge is 0.192 e. The van der Waals surface area contributed by atoms with Gasteiger partial charge in [0.1, 0.15) is 0 Å². The van der Waals surface area contributed by atoms with Gasteiger partial charge in [0.2, 0.25) is 0 Å². The van der Waals surface area contributed by atoms with Gasteiger partial charge in [-0.15, -0.1) is 0 Å². The number of rotatable bonds is 9. The van der Waals surface area contributed by atoms with Crippen LogP contribution >= 0.6 is 22.6 Å². The summed E-state index contributed by atoms with van der Waals surface area (Å²) < 4.78 is 13.7. The lowest BCUT2D eigenvalue weighted by Gasteiger charge is -2.39. The normalized spacial score (nSPS) is 14.6. The zero-order chi connectivity index (χ0) is 16.9. The molecule has 0 aromatic heterocycles. The van der Waals surface area contributed by atoms with Gasteiger partial charge in [0.15, 0.2) is 16.6 Å². The lowest BCUT2D eigenvalue weighted by atomic mass is 10.1. The second-order valence-corrected chi connectivity index (χ2v) is 19.2. The second-order valence-electron chi connectivity index (χ2n) is 8.64. The molecule has 0 fully saturated rings. The van der Waals surface area contributed by atoms with Gasteiger partial charge in [-0.3, -0.25) is 0 Å². The van der Waals surface area contributed by atoms with E-state index in [9.17, 15) is 0 Å². The van der Waals surface area contributed by atoms with Gasteiger partial charge in [0.25, 0.3) is 0 Å². The first-order chi connectivity index (χ1) is 9.27. The largest absolute Gasteiger partial charge is 0.417 e. The molecule has 0 saturated carbocycles. The van der Waals surface area contributed by atoms with Crippen LogP contribution in [0.4, 0.5) is 0 Å². The Bertz CT molecular complexity index is 310. The fraction of sp³-hybridized carbons (Fsp3) is 1.00. The molecular weight excluding hydrogens is 407 g/mol. The van der Waals surface area contributed by atoms with Gasteiger partial charge < -0.3 is 8.85 Å². The SMILES string of the molecule is CC(C)(C)[Si](C)(C)OCCCO[Si](C)(C)C(C)(C)CCI. The van der Waals surface area contributed by atoms with E-state index in [1.165, 1.54) is 10.8 Å². The Morgan fingerprint density at radius 3 is 1.62 bits per heavy atom. The highest BCUT2D eigenvalue weighted by Crippen LogP contribution is 2.41. The van der Waals surface area contributed by atoms with Gasteiger partial charge in [-0.05, 0) is 53.5 Å². The average Bonchev–Trinajstić information content (AvgIpc) is 2.26. The van der Waals surface area contributed by atoms with Crippen molar-refractivity contribution in [1.82, 2.24) is 0 Å². The minimum Gasteiger partial charge on any atom is -0.417 e. The average molecular weight is 445 g/mol. The van der Waals surface area contributed by atoms with E-state index in [1.807, 2.05) is 0 Å². The van der Waals surface area contributed by atoms with Crippen molar-refractivity contribution in [3.8, 4) is 0 Å². The molecule has 0 heterocycles. The third-order valence-electron chi connectivity index (χ3n) is 5.37. The molecule has 0 amide bonds. The Morgan fingerprint density at radius 2 is 1.24 bits per heavy atom. The summed E-state index contributed by atoms with van der Waals surface area (Å²) in [4.78, 5) is 0. The van der Waals surface area contributed by atoms with Gasteiger partial charge in [-0.25, -0.2) is 0 Å². The Hall–Kier alpha value is 1.08. The van der Waals surface area contributed by atoms with Crippen molar-refractivity contribution < 1.29 is 8.85 Å². The van der Waals surface area contributed by atoms with E-state index < -0.39 is 16.6 Å². The van der Waals surface area contributed by atoms with E-state index in [-0.39, 0.29) is 0 Å². The summed E-state index contributed by atoms with van der Waals surface area (Å²) in [7, 11) is -3.23. The molecule has 0 unspecified atom stereocenters. The van der Waals surface area contributed by atoms with Crippen molar-refractivity contribution in [3.05, 3.63) is 0 Å². The van der Waals surface area contributed by atoms with E-state index in [0.717, 1.165) is 19.6 Å². The topological polar surface area (TPSA) is 18.5 Å². The molecule has 0 aromatic rings. The summed E-state index contributed by atoms with van der Waals surface area (Å²) in [5.74, 6) is 0. The van der Waals surface area contributed by atoms with Crippen molar-refractivity contribution in [3.63, 3.8) is 0 Å². The van der Waals surface area contributed by atoms with E-state index in [2.05, 4.69) is 83.4 Å². The highest BCUT2D eigenvalue weighted by Gasteiger charge is 2.40. The molecule has 0 saturated heterocycles. The van der Waals surface area contributed by atoms with Crippen molar-refractivity contribution in [2.75, 3.05) is 17.6 Å². The van der Waals surface area contributed by atoms with Crippen LogP contribution < -0.4 is 0 Å². The Morgan fingerprint density at radius 1 is 0.810 bits per heavy atom. The van der Waals surface area contributed by atoms with E-state index in [0.29, 0.717) is 10.1 Å². The van der Waals surface area contributed by atoms with Crippen LogP contribution in [0.1, 0.15) is 47.5 Å². The number of hydrogen-bond donors (Lipinski definition) is 0. The monoisotopic (exact) mass is 444 g/mol. The molecule has 0 atom stereocenters. The zero-order valence-corrected chi connectivity index (χ0v) is 19.9. The summed E-state index contributed by atoms with van der Waals surface area (Å²) in [6.45, 7) is 22.6. The fourth-order valence-electron chi connectivity index (χ4n) is 1.66. The first-order valence-electron chi connectivity index (χ1n) is 8.11. The molecule has 0 aliphatic rings. The van der Waals surface area contributed by atoms with E-state index >= 15 is 0 Å². The summed E-state index contributed by atoms with van der Waals surface area (Å²) in [5, 5.41) is 0.638. The number of alkyl halides is 1. The maximum Gasteiger partial charge on any atom is 0.192 e. The van der Waals surface area contributed by atoms with Crippen LogP contribution in [0.5, 0.6) is 0 Å². The van der Waals surface area contributed by atoms with Crippen LogP contribution in [0.2, 0.25) is 36.3 Å². The maximum atomic E-state index is 6.32. The third-order valence-corrected chi connectivity index (χ3v) is 14.9. The highest BCUT2D eigenvalue weighted by atomic mass is 127. The number of halogens is 1. The molecule has 21 heavy (non-hydrogen) atoms. The van der Waals surface area contributed by atoms with Gasteiger partial charge in [0, 0.05) is 13.2 Å². The quantitative estimate of drug-likeness (QED) is 0.182. The fourth-order valence-corrected chi connectivity index (χ4v) is 6.38. The molecule has 0 spiro atoms. The molecule has 5 heteroatoms. The molecule has 0 aliphatic heterocycles. The third kappa shape index (κ3) is 7.02. The van der Waals surface area contributed by atoms with Crippen LogP contribution in [0.25, 0.3) is 0 Å². The molecule has 0 radical (unpaired) electrons. The maximum absolute atomic E-state index is 6.32. The van der Waals surface area contributed by atoms with Crippen molar-refractivity contribution in [2.24, 2.45) is 0 Å². The molecule has 0 rings (SSSR count). The summed E-state index contributed by atoms with van der Waals surface area (Å²) in [6, 6.07) is 0. The molecule has 0 bridgehead atoms. The molecular formula is C16H37IO2Si2. The second kappa shape index (κ2) is 8.26. The first-order valence-corrected chi connectivity index (χ1v) is 15.4. The zero-order valence-electron chi connectivity index (χ0n) is 15.7. The van der Waals surface area contributed by atoms with Gasteiger partial charge in [-0.2, -0.15) is 0 Å². The molecule has 0 N–H and O–H groups in total. The minimum absolute atomic E-state index is 0.296. The lowest BCUT2D eigenvalue weighted by molar-refractivity contribution is 0.221. The summed E-state index contributed by atoms with van der Waals surface area (Å²) >= 11 is 2.47. The summed E-state index contributed by atoms with van der Waals surface area (Å²) in [5.41, 5.74) is 0.